The minimum absolute atomic E-state index is 0.122. The lowest BCUT2D eigenvalue weighted by Gasteiger charge is -2.23. The molecule has 2 aromatic heterocycles. The number of hydrogen-bond acceptors (Lipinski definition) is 4. The number of carbonyl (C=O) groups is 1. The second-order valence-electron chi connectivity index (χ2n) is 7.50. The van der Waals surface area contributed by atoms with Crippen LogP contribution in [-0.2, 0) is 18.4 Å². The Balaban J connectivity index is 1.72. The third kappa shape index (κ3) is 3.54. The lowest BCUT2D eigenvalue weighted by atomic mass is 10.0. The molecule has 0 saturated heterocycles. The Morgan fingerprint density at radius 3 is 2.67 bits per heavy atom. The van der Waals surface area contributed by atoms with Gasteiger partial charge in [-0.25, -0.2) is 9.67 Å². The summed E-state index contributed by atoms with van der Waals surface area (Å²) in [6.07, 6.45) is 7.06. The predicted octanol–water partition coefficient (Wildman–Crippen LogP) is 4.26. The zero-order chi connectivity index (χ0) is 18.9. The first kappa shape index (κ1) is 17.9. The highest BCUT2D eigenvalue weighted by atomic mass is 32.1. The standard InChI is InChI=1S/C21H24N4OS/c1-21(2,20-22-13-14-27-20)23-19(26)18-16-11-7-4-8-12-17(16)25(24-18)15-9-5-3-6-10-15/h3,5-6,9-10,13-14H,4,7-8,11-12H2,1-2H3,(H,23,26). The first-order chi connectivity index (χ1) is 13.1. The van der Waals surface area contributed by atoms with Crippen LogP contribution >= 0.6 is 11.3 Å². The van der Waals surface area contributed by atoms with E-state index < -0.39 is 5.54 Å². The maximum Gasteiger partial charge on any atom is 0.272 e. The van der Waals surface area contributed by atoms with Crippen molar-refractivity contribution in [1.29, 1.82) is 0 Å². The highest BCUT2D eigenvalue weighted by Crippen LogP contribution is 2.28. The number of fused-ring (bicyclic) bond motifs is 1. The summed E-state index contributed by atoms with van der Waals surface area (Å²) in [5, 5.41) is 10.7. The summed E-state index contributed by atoms with van der Waals surface area (Å²) in [4.78, 5) is 17.5. The zero-order valence-electron chi connectivity index (χ0n) is 15.7. The minimum Gasteiger partial charge on any atom is -0.339 e. The smallest absolute Gasteiger partial charge is 0.272 e. The van der Waals surface area contributed by atoms with E-state index in [1.165, 1.54) is 12.1 Å². The Bertz CT molecular complexity index is 929. The summed E-state index contributed by atoms with van der Waals surface area (Å²) in [5.41, 5.74) is 3.31. The van der Waals surface area contributed by atoms with E-state index in [0.29, 0.717) is 5.69 Å². The van der Waals surface area contributed by atoms with Crippen LogP contribution in [0.15, 0.2) is 41.9 Å². The molecule has 2 heterocycles. The van der Waals surface area contributed by atoms with Crippen molar-refractivity contribution < 1.29 is 4.79 Å². The highest BCUT2D eigenvalue weighted by molar-refractivity contribution is 7.09. The second kappa shape index (κ2) is 7.27. The Labute approximate surface area is 163 Å². The highest BCUT2D eigenvalue weighted by Gasteiger charge is 2.30. The first-order valence-electron chi connectivity index (χ1n) is 9.45. The Kier molecular flexibility index (Phi) is 4.83. The van der Waals surface area contributed by atoms with Gasteiger partial charge in [-0.15, -0.1) is 11.3 Å². The van der Waals surface area contributed by atoms with Crippen LogP contribution in [0, 0.1) is 0 Å². The summed E-state index contributed by atoms with van der Waals surface area (Å²) >= 11 is 1.55. The second-order valence-corrected chi connectivity index (χ2v) is 8.39. The fraction of sp³-hybridized carbons (Fsp3) is 0.381. The summed E-state index contributed by atoms with van der Waals surface area (Å²) < 4.78 is 1.96. The van der Waals surface area contributed by atoms with Gasteiger partial charge in [-0.1, -0.05) is 24.6 Å². The SMILES string of the molecule is CC(C)(NC(=O)c1nn(-c2ccccc2)c2c1CCCCC2)c1nccs1. The molecule has 4 rings (SSSR count). The Morgan fingerprint density at radius 1 is 1.15 bits per heavy atom. The van der Waals surface area contributed by atoms with Crippen LogP contribution < -0.4 is 5.32 Å². The summed E-state index contributed by atoms with van der Waals surface area (Å²) in [6, 6.07) is 10.1. The van der Waals surface area contributed by atoms with Gasteiger partial charge < -0.3 is 5.32 Å². The molecule has 0 radical (unpaired) electrons. The molecule has 27 heavy (non-hydrogen) atoms. The predicted molar refractivity (Wildman–Crippen MR) is 107 cm³/mol. The zero-order valence-corrected chi connectivity index (χ0v) is 16.6. The molecule has 3 aromatic rings. The molecule has 0 fully saturated rings. The molecule has 0 unspecified atom stereocenters. The average Bonchev–Trinajstić information content (AvgIpc) is 3.26. The topological polar surface area (TPSA) is 59.8 Å². The van der Waals surface area contributed by atoms with Gasteiger partial charge in [0.2, 0.25) is 0 Å². The summed E-state index contributed by atoms with van der Waals surface area (Å²) in [5.74, 6) is -0.122. The number of nitrogens with zero attached hydrogens (tertiary/aromatic N) is 3. The van der Waals surface area contributed by atoms with Crippen LogP contribution in [0.3, 0.4) is 0 Å². The van der Waals surface area contributed by atoms with E-state index in [1.54, 1.807) is 17.5 Å². The molecule has 0 spiro atoms. The summed E-state index contributed by atoms with van der Waals surface area (Å²) in [7, 11) is 0. The maximum atomic E-state index is 13.2. The largest absolute Gasteiger partial charge is 0.339 e. The van der Waals surface area contributed by atoms with Crippen molar-refractivity contribution >= 4 is 17.2 Å². The van der Waals surface area contributed by atoms with E-state index >= 15 is 0 Å². The maximum absolute atomic E-state index is 13.2. The lowest BCUT2D eigenvalue weighted by Crippen LogP contribution is -2.41. The van der Waals surface area contributed by atoms with Crippen LogP contribution in [-0.4, -0.2) is 20.7 Å². The molecule has 1 aliphatic rings. The first-order valence-corrected chi connectivity index (χ1v) is 10.3. The van der Waals surface area contributed by atoms with Gasteiger partial charge in [0.15, 0.2) is 5.69 Å². The van der Waals surface area contributed by atoms with E-state index in [9.17, 15) is 4.79 Å². The van der Waals surface area contributed by atoms with E-state index in [2.05, 4.69) is 10.3 Å². The van der Waals surface area contributed by atoms with Gasteiger partial charge in [0.1, 0.15) is 5.01 Å². The normalized spacial score (nSPS) is 14.4. The van der Waals surface area contributed by atoms with Gasteiger partial charge in [0.25, 0.3) is 5.91 Å². The molecule has 1 aliphatic carbocycles. The van der Waals surface area contributed by atoms with Crippen molar-refractivity contribution in [3.8, 4) is 5.69 Å². The van der Waals surface area contributed by atoms with E-state index in [-0.39, 0.29) is 5.91 Å². The van der Waals surface area contributed by atoms with E-state index in [0.717, 1.165) is 41.9 Å². The monoisotopic (exact) mass is 380 g/mol. The van der Waals surface area contributed by atoms with Crippen molar-refractivity contribution in [2.45, 2.75) is 51.5 Å². The molecular weight excluding hydrogens is 356 g/mol. The lowest BCUT2D eigenvalue weighted by molar-refractivity contribution is 0.0905. The molecule has 0 bridgehead atoms. The number of hydrogen-bond donors (Lipinski definition) is 1. The van der Waals surface area contributed by atoms with Crippen molar-refractivity contribution in [2.24, 2.45) is 0 Å². The Hall–Kier alpha value is -2.47. The molecular formula is C21H24N4OS. The van der Waals surface area contributed by atoms with Crippen LogP contribution in [0.25, 0.3) is 5.69 Å². The van der Waals surface area contributed by atoms with Gasteiger partial charge in [0.05, 0.1) is 11.2 Å². The summed E-state index contributed by atoms with van der Waals surface area (Å²) in [6.45, 7) is 3.97. The molecule has 1 amide bonds. The number of benzene rings is 1. The minimum atomic E-state index is -0.528. The molecule has 1 aromatic carbocycles. The molecule has 1 N–H and O–H groups in total. The van der Waals surface area contributed by atoms with Crippen LogP contribution in [0.1, 0.15) is 59.9 Å². The Morgan fingerprint density at radius 2 is 1.93 bits per heavy atom. The fourth-order valence-electron chi connectivity index (χ4n) is 3.67. The third-order valence-electron chi connectivity index (χ3n) is 5.04. The number of carbonyl (C=O) groups excluding carboxylic acids is 1. The quantitative estimate of drug-likeness (QED) is 0.688. The molecule has 0 saturated carbocycles. The van der Waals surface area contributed by atoms with Gasteiger partial charge in [0, 0.05) is 22.8 Å². The van der Waals surface area contributed by atoms with Crippen LogP contribution in [0.4, 0.5) is 0 Å². The van der Waals surface area contributed by atoms with Crippen LogP contribution in [0.2, 0.25) is 0 Å². The molecule has 140 valence electrons. The number of thiazole rings is 1. The number of para-hydroxylation sites is 1. The van der Waals surface area contributed by atoms with Crippen molar-refractivity contribution in [1.82, 2.24) is 20.1 Å². The van der Waals surface area contributed by atoms with Crippen molar-refractivity contribution in [3.63, 3.8) is 0 Å². The number of rotatable bonds is 4. The fourth-order valence-corrected chi connectivity index (χ4v) is 4.39. The van der Waals surface area contributed by atoms with Crippen LogP contribution in [0.5, 0.6) is 0 Å². The number of nitrogens with one attached hydrogen (secondary N) is 1. The van der Waals surface area contributed by atoms with Gasteiger partial charge in [-0.05, 0) is 51.7 Å². The average molecular weight is 381 g/mol. The van der Waals surface area contributed by atoms with Crippen molar-refractivity contribution in [2.75, 3.05) is 0 Å². The van der Waals surface area contributed by atoms with E-state index in [1.807, 2.05) is 54.2 Å². The number of amides is 1. The van der Waals surface area contributed by atoms with Gasteiger partial charge >= 0.3 is 0 Å². The van der Waals surface area contributed by atoms with Crippen molar-refractivity contribution in [3.05, 3.63) is 63.9 Å². The molecule has 6 heteroatoms. The molecule has 5 nitrogen and oxygen atoms in total. The third-order valence-corrected chi connectivity index (χ3v) is 6.14. The molecule has 0 atom stereocenters. The van der Waals surface area contributed by atoms with Gasteiger partial charge in [-0.3, -0.25) is 4.79 Å². The number of aromatic nitrogens is 3. The molecule has 0 aliphatic heterocycles. The van der Waals surface area contributed by atoms with E-state index in [4.69, 9.17) is 5.10 Å². The van der Waals surface area contributed by atoms with Gasteiger partial charge in [-0.2, -0.15) is 5.10 Å².